The lowest BCUT2D eigenvalue weighted by molar-refractivity contribution is -0.126. The molecule has 36 heavy (non-hydrogen) atoms. The van der Waals surface area contributed by atoms with Crippen molar-refractivity contribution < 1.29 is 9.59 Å². The normalized spacial score (nSPS) is 18.4. The molecule has 1 atom stereocenters. The number of aromatic nitrogens is 2. The second-order valence-electron chi connectivity index (χ2n) is 9.00. The molecule has 0 saturated heterocycles. The van der Waals surface area contributed by atoms with Crippen LogP contribution in [-0.2, 0) is 28.1 Å². The average Bonchev–Trinajstić information content (AvgIpc) is 3.39. The number of nitrogens with one attached hydrogen (secondary N) is 1. The zero-order valence-corrected chi connectivity index (χ0v) is 21.1. The fraction of sp³-hybridized carbons (Fsp3) is 0.148. The van der Waals surface area contributed by atoms with Crippen molar-refractivity contribution in [2.45, 2.75) is 24.9 Å². The van der Waals surface area contributed by atoms with E-state index in [4.69, 9.17) is 34.8 Å². The zero-order valence-electron chi connectivity index (χ0n) is 18.8. The van der Waals surface area contributed by atoms with Crippen LogP contribution in [0.5, 0.6) is 0 Å². The molecule has 9 heteroatoms. The van der Waals surface area contributed by atoms with Gasteiger partial charge >= 0.3 is 0 Å². The summed E-state index contributed by atoms with van der Waals surface area (Å²) in [4.78, 5) is 29.0. The van der Waals surface area contributed by atoms with Crippen molar-refractivity contribution in [3.8, 4) is 0 Å². The number of benzene rings is 3. The first-order valence-electron chi connectivity index (χ1n) is 11.3. The molecule has 3 aromatic carbocycles. The molecule has 1 N–H and O–H groups in total. The number of nitrogens with zero attached hydrogens (tertiary/aromatic N) is 3. The maximum Gasteiger partial charge on any atom is 0.240 e. The lowest BCUT2D eigenvalue weighted by Gasteiger charge is -2.37. The number of carbonyl (C=O) groups excluding carboxylic acids is 2. The third-order valence-electron chi connectivity index (χ3n) is 6.82. The van der Waals surface area contributed by atoms with Gasteiger partial charge in [-0.25, -0.2) is 4.68 Å². The van der Waals surface area contributed by atoms with Crippen molar-refractivity contribution in [3.63, 3.8) is 0 Å². The summed E-state index contributed by atoms with van der Waals surface area (Å²) in [6.45, 7) is 0.715. The van der Waals surface area contributed by atoms with Crippen LogP contribution in [-0.4, -0.2) is 21.6 Å². The van der Waals surface area contributed by atoms with Gasteiger partial charge in [0.1, 0.15) is 11.2 Å². The van der Waals surface area contributed by atoms with Gasteiger partial charge in [-0.1, -0.05) is 59.1 Å². The number of amides is 2. The van der Waals surface area contributed by atoms with E-state index >= 15 is 0 Å². The van der Waals surface area contributed by atoms with E-state index in [1.54, 1.807) is 46.1 Å². The van der Waals surface area contributed by atoms with Gasteiger partial charge in [-0.05, 0) is 59.2 Å². The molecule has 0 aliphatic carbocycles. The summed E-state index contributed by atoms with van der Waals surface area (Å²) in [6, 6.07) is 20.1. The molecule has 0 fully saturated rings. The van der Waals surface area contributed by atoms with Gasteiger partial charge in [0.2, 0.25) is 11.8 Å². The third-order valence-corrected chi connectivity index (χ3v) is 7.56. The Labute approximate surface area is 222 Å². The smallest absolute Gasteiger partial charge is 0.240 e. The highest BCUT2D eigenvalue weighted by molar-refractivity contribution is 6.31. The standard InChI is InChI=1S/C27H19Cl3N4O2/c28-18-5-1-16(2-6-18)14-33-24(35)12-27(21-11-20(30)9-10-23(21)32-26(27)36)22-13-31-34(25(22)33)15-17-3-7-19(29)8-4-17/h1-11,13H,12,14-15H2,(H,32,36)/t27-/m1/s1. The topological polar surface area (TPSA) is 67.2 Å². The summed E-state index contributed by atoms with van der Waals surface area (Å²) in [5.74, 6) is 0.143. The molecule has 2 amide bonds. The number of fused-ring (bicyclic) bond motifs is 4. The minimum Gasteiger partial charge on any atom is -0.325 e. The van der Waals surface area contributed by atoms with Crippen molar-refractivity contribution in [2.24, 2.45) is 0 Å². The van der Waals surface area contributed by atoms with Crippen LogP contribution in [0.25, 0.3) is 0 Å². The quantitative estimate of drug-likeness (QED) is 0.344. The Kier molecular flexibility index (Phi) is 5.56. The van der Waals surface area contributed by atoms with Crippen LogP contribution in [0.4, 0.5) is 11.5 Å². The van der Waals surface area contributed by atoms with E-state index in [-0.39, 0.29) is 18.2 Å². The zero-order chi connectivity index (χ0) is 25.0. The number of halogens is 3. The predicted octanol–water partition coefficient (Wildman–Crippen LogP) is 6.07. The van der Waals surface area contributed by atoms with Gasteiger partial charge in [-0.3, -0.25) is 14.5 Å². The fourth-order valence-corrected chi connectivity index (χ4v) is 5.51. The van der Waals surface area contributed by atoms with Gasteiger partial charge in [-0.15, -0.1) is 0 Å². The van der Waals surface area contributed by atoms with Gasteiger partial charge < -0.3 is 5.32 Å². The van der Waals surface area contributed by atoms with E-state index in [9.17, 15) is 9.59 Å². The molecule has 180 valence electrons. The minimum absolute atomic E-state index is 0.0284. The predicted molar refractivity (Wildman–Crippen MR) is 141 cm³/mol. The van der Waals surface area contributed by atoms with E-state index < -0.39 is 5.41 Å². The fourth-order valence-electron chi connectivity index (χ4n) is 5.09. The lowest BCUT2D eigenvalue weighted by Crippen LogP contribution is -2.48. The summed E-state index contributed by atoms with van der Waals surface area (Å²) < 4.78 is 1.77. The molecule has 0 radical (unpaired) electrons. The number of carbonyl (C=O) groups is 2. The maximum atomic E-state index is 13.8. The number of hydrogen-bond donors (Lipinski definition) is 1. The van der Waals surface area contributed by atoms with E-state index in [2.05, 4.69) is 10.4 Å². The first-order valence-corrected chi connectivity index (χ1v) is 12.5. The van der Waals surface area contributed by atoms with Gasteiger partial charge in [0.05, 0.1) is 25.7 Å². The first-order chi connectivity index (χ1) is 17.3. The van der Waals surface area contributed by atoms with Crippen LogP contribution < -0.4 is 10.2 Å². The van der Waals surface area contributed by atoms with Crippen molar-refractivity contribution in [2.75, 3.05) is 10.2 Å². The van der Waals surface area contributed by atoms with E-state index in [0.717, 1.165) is 11.1 Å². The van der Waals surface area contributed by atoms with Crippen molar-refractivity contribution in [1.82, 2.24) is 9.78 Å². The molecule has 2 aliphatic rings. The molecule has 3 heterocycles. The molecule has 6 nitrogen and oxygen atoms in total. The molecule has 0 saturated carbocycles. The lowest BCUT2D eigenvalue weighted by atomic mass is 9.71. The molecular formula is C27H19Cl3N4O2. The number of hydrogen-bond acceptors (Lipinski definition) is 3. The highest BCUT2D eigenvalue weighted by atomic mass is 35.5. The molecular weight excluding hydrogens is 519 g/mol. The molecule has 4 aromatic rings. The highest BCUT2D eigenvalue weighted by Crippen LogP contribution is 2.52. The Balaban J connectivity index is 1.52. The van der Waals surface area contributed by atoms with Crippen LogP contribution in [0.3, 0.4) is 0 Å². The van der Waals surface area contributed by atoms with Crippen molar-refractivity contribution in [1.29, 1.82) is 0 Å². The van der Waals surface area contributed by atoms with Gasteiger partial charge in [0, 0.05) is 26.3 Å². The van der Waals surface area contributed by atoms with Crippen LogP contribution in [0.1, 0.15) is 28.7 Å². The monoisotopic (exact) mass is 536 g/mol. The number of rotatable bonds is 4. The van der Waals surface area contributed by atoms with Crippen LogP contribution in [0.2, 0.25) is 15.1 Å². The SMILES string of the molecule is O=C1C[C@]2(C(=O)Nc3ccc(Cl)cc32)c2cnn(Cc3ccc(Cl)cc3)c2N1Cc1ccc(Cl)cc1. The highest BCUT2D eigenvalue weighted by Gasteiger charge is 2.56. The Morgan fingerprint density at radius 3 is 2.08 bits per heavy atom. The maximum absolute atomic E-state index is 13.8. The molecule has 0 bridgehead atoms. The number of anilines is 2. The van der Waals surface area contributed by atoms with E-state index in [1.165, 1.54) is 0 Å². The van der Waals surface area contributed by atoms with Gasteiger partial charge in [-0.2, -0.15) is 5.10 Å². The second-order valence-corrected chi connectivity index (χ2v) is 10.3. The van der Waals surface area contributed by atoms with E-state index in [1.807, 2.05) is 36.4 Å². The summed E-state index contributed by atoms with van der Waals surface area (Å²) >= 11 is 18.5. The van der Waals surface area contributed by atoms with Gasteiger partial charge in [0.25, 0.3) is 0 Å². The summed E-state index contributed by atoms with van der Waals surface area (Å²) in [5.41, 5.74) is 2.67. The third kappa shape index (κ3) is 3.68. The van der Waals surface area contributed by atoms with Crippen LogP contribution in [0, 0.1) is 0 Å². The Hall–Kier alpha value is -3.32. The second kappa shape index (κ2) is 8.66. The van der Waals surface area contributed by atoms with Gasteiger partial charge in [0.15, 0.2) is 0 Å². The molecule has 0 unspecified atom stereocenters. The largest absolute Gasteiger partial charge is 0.325 e. The van der Waals surface area contributed by atoms with E-state index in [0.29, 0.717) is 50.8 Å². The molecule has 6 rings (SSSR count). The van der Waals surface area contributed by atoms with Crippen LogP contribution >= 0.6 is 34.8 Å². The molecule has 1 aromatic heterocycles. The average molecular weight is 538 g/mol. The summed E-state index contributed by atoms with van der Waals surface area (Å²) in [6.07, 6.45) is 1.67. The van der Waals surface area contributed by atoms with Crippen molar-refractivity contribution in [3.05, 3.63) is 110 Å². The Bertz CT molecular complexity index is 1520. The van der Waals surface area contributed by atoms with Crippen LogP contribution in [0.15, 0.2) is 72.9 Å². The van der Waals surface area contributed by atoms with Crippen molar-refractivity contribution >= 4 is 58.1 Å². The Morgan fingerprint density at radius 2 is 1.42 bits per heavy atom. The Morgan fingerprint density at radius 1 is 0.806 bits per heavy atom. The minimum atomic E-state index is -1.21. The summed E-state index contributed by atoms with van der Waals surface area (Å²) in [5, 5.41) is 9.36. The molecule has 1 spiro atoms. The molecule has 2 aliphatic heterocycles. The first kappa shape index (κ1) is 23.1. The summed E-state index contributed by atoms with van der Waals surface area (Å²) in [7, 11) is 0.